The van der Waals surface area contributed by atoms with Crippen LogP contribution in [0.4, 0.5) is 4.79 Å². The Morgan fingerprint density at radius 3 is 2.92 bits per heavy atom. The molecule has 0 saturated carbocycles. The molecular formula is C19H22BrN3O3. The number of aromatic nitrogens is 1. The fraction of sp³-hybridized carbons (Fsp3) is 0.368. The lowest BCUT2D eigenvalue weighted by molar-refractivity contribution is -0.0498. The molecule has 1 aliphatic heterocycles. The smallest absolute Gasteiger partial charge is 0.317 e. The highest BCUT2D eigenvalue weighted by atomic mass is 79.9. The van der Waals surface area contributed by atoms with Gasteiger partial charge in [0.05, 0.1) is 25.4 Å². The quantitative estimate of drug-likeness (QED) is 0.754. The third kappa shape index (κ3) is 4.74. The zero-order chi connectivity index (χ0) is 18.4. The Bertz CT molecular complexity index is 712. The van der Waals surface area contributed by atoms with Crippen LogP contribution in [0, 0.1) is 0 Å². The first-order valence-corrected chi connectivity index (χ1v) is 9.39. The van der Waals surface area contributed by atoms with Crippen LogP contribution in [0.3, 0.4) is 0 Å². The van der Waals surface area contributed by atoms with Gasteiger partial charge in [0.15, 0.2) is 0 Å². The minimum absolute atomic E-state index is 0.0517. The van der Waals surface area contributed by atoms with Gasteiger partial charge < -0.3 is 19.7 Å². The molecule has 1 aliphatic rings. The Balaban J connectivity index is 1.51. The molecule has 2 heterocycles. The van der Waals surface area contributed by atoms with Crippen molar-refractivity contribution in [1.82, 2.24) is 15.2 Å². The molecule has 2 amide bonds. The standard InChI is InChI=1S/C19H22BrN3O3/c1-14-18(15-4-6-16(20)7-5-15)26-12-10-23(14)19(24)22-9-11-25-17-3-2-8-21-13-17/h2-8,13-14,18H,9-12H2,1H3,(H,22,24)/t14-,18+/m0/s1. The van der Waals surface area contributed by atoms with E-state index in [1.165, 1.54) is 0 Å². The molecule has 3 rings (SSSR count). The van der Waals surface area contributed by atoms with Crippen molar-refractivity contribution in [2.24, 2.45) is 0 Å². The van der Waals surface area contributed by atoms with Crippen molar-refractivity contribution in [3.05, 3.63) is 58.8 Å². The van der Waals surface area contributed by atoms with Crippen LogP contribution >= 0.6 is 15.9 Å². The van der Waals surface area contributed by atoms with Crippen molar-refractivity contribution in [3.63, 3.8) is 0 Å². The van der Waals surface area contributed by atoms with E-state index in [1.807, 2.05) is 48.2 Å². The summed E-state index contributed by atoms with van der Waals surface area (Å²) in [6.07, 6.45) is 3.21. The lowest BCUT2D eigenvalue weighted by atomic mass is 10.0. The van der Waals surface area contributed by atoms with Gasteiger partial charge in [-0.3, -0.25) is 4.98 Å². The first kappa shape index (κ1) is 18.7. The second-order valence-corrected chi connectivity index (χ2v) is 6.96. The zero-order valence-electron chi connectivity index (χ0n) is 14.6. The van der Waals surface area contributed by atoms with E-state index in [-0.39, 0.29) is 18.2 Å². The number of carbonyl (C=O) groups is 1. The predicted molar refractivity (Wildman–Crippen MR) is 102 cm³/mol. The van der Waals surface area contributed by atoms with E-state index in [0.29, 0.717) is 32.1 Å². The second kappa shape index (κ2) is 9.00. The van der Waals surface area contributed by atoms with Crippen LogP contribution in [0.5, 0.6) is 5.75 Å². The van der Waals surface area contributed by atoms with Gasteiger partial charge in [0.25, 0.3) is 0 Å². The normalized spacial score (nSPS) is 19.8. The molecule has 1 aromatic carbocycles. The first-order valence-electron chi connectivity index (χ1n) is 8.59. The van der Waals surface area contributed by atoms with Gasteiger partial charge >= 0.3 is 6.03 Å². The van der Waals surface area contributed by atoms with Crippen LogP contribution in [-0.2, 0) is 4.74 Å². The minimum atomic E-state index is -0.130. The van der Waals surface area contributed by atoms with E-state index >= 15 is 0 Å². The topological polar surface area (TPSA) is 63.7 Å². The maximum atomic E-state index is 12.5. The monoisotopic (exact) mass is 419 g/mol. The van der Waals surface area contributed by atoms with Gasteiger partial charge in [-0.05, 0) is 36.8 Å². The molecule has 0 spiro atoms. The Labute approximate surface area is 161 Å². The van der Waals surface area contributed by atoms with Gasteiger partial charge in [-0.15, -0.1) is 0 Å². The SMILES string of the molecule is C[C@H]1[C@H](c2ccc(Br)cc2)OCCN1C(=O)NCCOc1cccnc1. The number of nitrogens with one attached hydrogen (secondary N) is 1. The summed E-state index contributed by atoms with van der Waals surface area (Å²) in [5.41, 5.74) is 1.07. The lowest BCUT2D eigenvalue weighted by Crippen LogP contribution is -2.52. The maximum absolute atomic E-state index is 12.5. The summed E-state index contributed by atoms with van der Waals surface area (Å²) in [4.78, 5) is 18.3. The van der Waals surface area contributed by atoms with E-state index in [4.69, 9.17) is 9.47 Å². The largest absolute Gasteiger partial charge is 0.490 e. The number of urea groups is 1. The number of rotatable bonds is 5. The van der Waals surface area contributed by atoms with Crippen molar-refractivity contribution in [1.29, 1.82) is 0 Å². The Morgan fingerprint density at radius 2 is 2.19 bits per heavy atom. The molecule has 138 valence electrons. The molecule has 6 nitrogen and oxygen atoms in total. The number of nitrogens with zero attached hydrogens (tertiary/aromatic N) is 2. The van der Waals surface area contributed by atoms with E-state index in [0.717, 1.165) is 10.0 Å². The number of hydrogen-bond acceptors (Lipinski definition) is 4. The summed E-state index contributed by atoms with van der Waals surface area (Å²) in [7, 11) is 0. The molecule has 26 heavy (non-hydrogen) atoms. The van der Waals surface area contributed by atoms with Crippen LogP contribution in [0.25, 0.3) is 0 Å². The molecule has 2 atom stereocenters. The van der Waals surface area contributed by atoms with Gasteiger partial charge in [-0.1, -0.05) is 28.1 Å². The molecule has 0 radical (unpaired) electrons. The minimum Gasteiger partial charge on any atom is -0.490 e. The Kier molecular flexibility index (Phi) is 6.46. The average molecular weight is 420 g/mol. The number of carbonyl (C=O) groups excluding carboxylic acids is 1. The van der Waals surface area contributed by atoms with Crippen molar-refractivity contribution in [2.75, 3.05) is 26.3 Å². The molecular weight excluding hydrogens is 398 g/mol. The third-order valence-corrected chi connectivity index (χ3v) is 4.83. The third-order valence-electron chi connectivity index (χ3n) is 4.30. The van der Waals surface area contributed by atoms with Gasteiger partial charge in [-0.25, -0.2) is 4.79 Å². The number of amides is 2. The lowest BCUT2D eigenvalue weighted by Gasteiger charge is -2.39. The van der Waals surface area contributed by atoms with Crippen LogP contribution in [0.1, 0.15) is 18.6 Å². The fourth-order valence-electron chi connectivity index (χ4n) is 2.96. The van der Waals surface area contributed by atoms with Gasteiger partial charge in [0, 0.05) is 17.2 Å². The summed E-state index contributed by atoms with van der Waals surface area (Å²) in [6, 6.07) is 11.5. The summed E-state index contributed by atoms with van der Waals surface area (Å²) in [5.74, 6) is 0.691. The summed E-state index contributed by atoms with van der Waals surface area (Å²) >= 11 is 3.44. The van der Waals surface area contributed by atoms with E-state index in [2.05, 4.69) is 26.2 Å². The average Bonchev–Trinajstić information content (AvgIpc) is 2.67. The summed E-state index contributed by atoms with van der Waals surface area (Å²) in [6.45, 7) is 3.93. The fourth-order valence-corrected chi connectivity index (χ4v) is 3.22. The zero-order valence-corrected chi connectivity index (χ0v) is 16.2. The molecule has 1 saturated heterocycles. The highest BCUT2D eigenvalue weighted by Gasteiger charge is 2.32. The van der Waals surface area contributed by atoms with Crippen LogP contribution in [0.2, 0.25) is 0 Å². The molecule has 1 fully saturated rings. The summed E-state index contributed by atoms with van der Waals surface area (Å²) in [5, 5.41) is 2.91. The number of ether oxygens (including phenoxy) is 2. The van der Waals surface area contributed by atoms with Crippen LogP contribution in [0.15, 0.2) is 53.3 Å². The molecule has 1 aromatic heterocycles. The maximum Gasteiger partial charge on any atom is 0.317 e. The van der Waals surface area contributed by atoms with Gasteiger partial charge in [0.1, 0.15) is 18.5 Å². The van der Waals surface area contributed by atoms with E-state index in [9.17, 15) is 4.79 Å². The van der Waals surface area contributed by atoms with Crippen LogP contribution < -0.4 is 10.1 Å². The molecule has 0 unspecified atom stereocenters. The molecule has 1 N–H and O–H groups in total. The number of pyridine rings is 1. The molecule has 7 heteroatoms. The second-order valence-electron chi connectivity index (χ2n) is 6.05. The molecule has 2 aromatic rings. The van der Waals surface area contributed by atoms with Crippen molar-refractivity contribution < 1.29 is 14.3 Å². The number of morpholine rings is 1. The van der Waals surface area contributed by atoms with Crippen molar-refractivity contribution in [3.8, 4) is 5.75 Å². The molecule has 0 bridgehead atoms. The highest BCUT2D eigenvalue weighted by Crippen LogP contribution is 2.29. The van der Waals surface area contributed by atoms with Gasteiger partial charge in [0.2, 0.25) is 0 Å². The number of benzene rings is 1. The van der Waals surface area contributed by atoms with Crippen molar-refractivity contribution in [2.45, 2.75) is 19.1 Å². The van der Waals surface area contributed by atoms with E-state index in [1.54, 1.807) is 12.4 Å². The highest BCUT2D eigenvalue weighted by molar-refractivity contribution is 9.10. The number of halogens is 1. The van der Waals surface area contributed by atoms with Crippen molar-refractivity contribution >= 4 is 22.0 Å². The molecule has 0 aliphatic carbocycles. The summed E-state index contributed by atoms with van der Waals surface area (Å²) < 4.78 is 12.5. The van der Waals surface area contributed by atoms with Gasteiger partial charge in [-0.2, -0.15) is 0 Å². The number of hydrogen-bond donors (Lipinski definition) is 1. The first-order chi connectivity index (χ1) is 12.6. The van der Waals surface area contributed by atoms with E-state index < -0.39 is 0 Å². The Morgan fingerprint density at radius 1 is 1.38 bits per heavy atom. The van der Waals surface area contributed by atoms with Crippen LogP contribution in [-0.4, -0.2) is 48.3 Å². The Hall–Kier alpha value is -2.12. The predicted octanol–water partition coefficient (Wildman–Crippen LogP) is 3.39.